The third-order valence-corrected chi connectivity index (χ3v) is 5.71. The number of aromatic nitrogens is 2. The Hall–Kier alpha value is -1.20. The largest absolute Gasteiger partial charge is 0.361 e. The molecule has 1 fully saturated rings. The van der Waals surface area contributed by atoms with Gasteiger partial charge >= 0.3 is 0 Å². The van der Waals surface area contributed by atoms with Crippen LogP contribution in [0.1, 0.15) is 27.0 Å². The molecule has 0 aliphatic carbocycles. The Bertz CT molecular complexity index is 751. The van der Waals surface area contributed by atoms with Crippen LogP contribution in [0.15, 0.2) is 15.6 Å². The highest BCUT2D eigenvalue weighted by Gasteiger charge is 2.20. The van der Waals surface area contributed by atoms with Gasteiger partial charge in [0.2, 0.25) is 0 Å². The van der Waals surface area contributed by atoms with E-state index in [1.165, 1.54) is 4.88 Å². The first-order chi connectivity index (χ1) is 12.5. The number of guanidine groups is 1. The van der Waals surface area contributed by atoms with E-state index < -0.39 is 0 Å². The molecule has 0 saturated carbocycles. The molecule has 7 nitrogen and oxygen atoms in total. The molecule has 0 radical (unpaired) electrons. The van der Waals surface area contributed by atoms with E-state index in [9.17, 15) is 0 Å². The summed E-state index contributed by atoms with van der Waals surface area (Å²) >= 11 is 1.79. The molecule has 0 atom stereocenters. The van der Waals surface area contributed by atoms with Crippen molar-refractivity contribution in [1.29, 1.82) is 0 Å². The highest BCUT2D eigenvalue weighted by Crippen LogP contribution is 2.17. The van der Waals surface area contributed by atoms with Crippen LogP contribution >= 0.6 is 35.3 Å². The summed E-state index contributed by atoms with van der Waals surface area (Å²) < 4.78 is 5.15. The number of hydrogen-bond donors (Lipinski definition) is 1. The second-order valence-corrected chi connectivity index (χ2v) is 7.95. The summed E-state index contributed by atoms with van der Waals surface area (Å²) in [5.74, 6) is 1.86. The minimum absolute atomic E-state index is 0. The molecule has 150 valence electrons. The third kappa shape index (κ3) is 6.15. The van der Waals surface area contributed by atoms with Crippen LogP contribution in [0.4, 0.5) is 0 Å². The van der Waals surface area contributed by atoms with Gasteiger partial charge < -0.3 is 14.7 Å². The lowest BCUT2D eigenvalue weighted by atomic mass is 10.3. The van der Waals surface area contributed by atoms with Crippen LogP contribution < -0.4 is 5.32 Å². The molecular formula is C18H29IN6OS. The molecule has 2 aromatic heterocycles. The molecule has 0 aromatic carbocycles. The number of nitrogens with zero attached hydrogens (tertiary/aromatic N) is 5. The molecule has 0 unspecified atom stereocenters. The Morgan fingerprint density at radius 2 is 2.00 bits per heavy atom. The van der Waals surface area contributed by atoms with Crippen LogP contribution in [0, 0.1) is 20.8 Å². The Morgan fingerprint density at radius 1 is 1.26 bits per heavy atom. The highest BCUT2D eigenvalue weighted by atomic mass is 127. The van der Waals surface area contributed by atoms with E-state index in [2.05, 4.69) is 44.1 Å². The van der Waals surface area contributed by atoms with E-state index in [0.717, 1.165) is 73.8 Å². The monoisotopic (exact) mass is 504 g/mol. The van der Waals surface area contributed by atoms with Crippen molar-refractivity contribution in [3.8, 4) is 0 Å². The van der Waals surface area contributed by atoms with E-state index in [1.807, 2.05) is 20.0 Å². The number of hydrogen-bond acceptors (Lipinski definition) is 6. The molecular weight excluding hydrogens is 475 g/mol. The van der Waals surface area contributed by atoms with E-state index in [-0.39, 0.29) is 24.0 Å². The summed E-state index contributed by atoms with van der Waals surface area (Å²) in [5, 5.41) is 8.73. The molecule has 3 heterocycles. The van der Waals surface area contributed by atoms with Gasteiger partial charge in [-0.05, 0) is 20.8 Å². The van der Waals surface area contributed by atoms with Crippen molar-refractivity contribution >= 4 is 41.3 Å². The van der Waals surface area contributed by atoms with Gasteiger partial charge in [-0.2, -0.15) is 0 Å². The van der Waals surface area contributed by atoms with Gasteiger partial charge in [-0.3, -0.25) is 9.89 Å². The fourth-order valence-corrected chi connectivity index (χ4v) is 4.20. The number of aliphatic imine (C=N–C) groups is 1. The van der Waals surface area contributed by atoms with Crippen molar-refractivity contribution in [3.05, 3.63) is 33.1 Å². The number of piperazine rings is 1. The lowest BCUT2D eigenvalue weighted by Gasteiger charge is -2.36. The Kier molecular flexibility index (Phi) is 8.49. The Labute approximate surface area is 182 Å². The average Bonchev–Trinajstić information content (AvgIpc) is 3.17. The summed E-state index contributed by atoms with van der Waals surface area (Å²) in [6.07, 6.45) is 0.988. The summed E-state index contributed by atoms with van der Waals surface area (Å²) in [5.41, 5.74) is 2.16. The van der Waals surface area contributed by atoms with Crippen molar-refractivity contribution in [3.63, 3.8) is 0 Å². The molecule has 1 aliphatic heterocycles. The Balaban J connectivity index is 0.00000261. The molecule has 27 heavy (non-hydrogen) atoms. The van der Waals surface area contributed by atoms with Gasteiger partial charge in [0.25, 0.3) is 0 Å². The lowest BCUT2D eigenvalue weighted by molar-refractivity contribution is 0.169. The minimum Gasteiger partial charge on any atom is -0.361 e. The first-order valence-electron chi connectivity index (χ1n) is 9.08. The zero-order valence-electron chi connectivity index (χ0n) is 16.5. The van der Waals surface area contributed by atoms with Crippen LogP contribution in [0.5, 0.6) is 0 Å². The standard InChI is InChI=1S/C18H28N6OS.HI/c1-13-11-16(22-25-13)12-23-7-9-24(10-8-23)18(19-4)20-6-5-17-14(2)21-15(3)26-17;/h11H,5-10,12H2,1-4H3,(H,19,20);1H. The second-order valence-electron chi connectivity index (χ2n) is 6.66. The van der Waals surface area contributed by atoms with Crippen LogP contribution in [0.2, 0.25) is 0 Å². The quantitative estimate of drug-likeness (QED) is 0.384. The van der Waals surface area contributed by atoms with Crippen molar-refractivity contribution in [2.45, 2.75) is 33.7 Å². The van der Waals surface area contributed by atoms with Crippen LogP contribution in [0.25, 0.3) is 0 Å². The predicted octanol–water partition coefficient (Wildman–Crippen LogP) is 2.61. The molecule has 2 aromatic rings. The van der Waals surface area contributed by atoms with Gasteiger partial charge in [-0.1, -0.05) is 5.16 Å². The maximum absolute atomic E-state index is 5.15. The first-order valence-corrected chi connectivity index (χ1v) is 9.90. The Morgan fingerprint density at radius 3 is 2.56 bits per heavy atom. The van der Waals surface area contributed by atoms with Crippen molar-refractivity contribution in [2.24, 2.45) is 4.99 Å². The van der Waals surface area contributed by atoms with E-state index in [4.69, 9.17) is 4.52 Å². The number of halogens is 1. The summed E-state index contributed by atoms with van der Waals surface area (Å²) in [6.45, 7) is 11.7. The van der Waals surface area contributed by atoms with Crippen molar-refractivity contribution in [1.82, 2.24) is 25.3 Å². The fraction of sp³-hybridized carbons (Fsp3) is 0.611. The summed E-state index contributed by atoms with van der Waals surface area (Å²) in [6, 6.07) is 2.01. The van der Waals surface area contributed by atoms with Crippen LogP contribution in [-0.2, 0) is 13.0 Å². The van der Waals surface area contributed by atoms with Crippen LogP contribution in [-0.4, -0.2) is 65.7 Å². The molecule has 1 N–H and O–H groups in total. The van der Waals surface area contributed by atoms with Gasteiger partial charge in [0.1, 0.15) is 5.76 Å². The molecule has 0 bridgehead atoms. The molecule has 1 saturated heterocycles. The predicted molar refractivity (Wildman–Crippen MR) is 120 cm³/mol. The van der Waals surface area contributed by atoms with Gasteiger partial charge in [-0.15, -0.1) is 35.3 Å². The van der Waals surface area contributed by atoms with E-state index in [1.54, 1.807) is 11.3 Å². The van der Waals surface area contributed by atoms with E-state index >= 15 is 0 Å². The van der Waals surface area contributed by atoms with Gasteiger partial charge in [0, 0.05) is 63.7 Å². The summed E-state index contributed by atoms with van der Waals surface area (Å²) in [4.78, 5) is 15.0. The number of aryl methyl sites for hydroxylation is 3. The molecule has 3 rings (SSSR count). The first kappa shape index (κ1) is 22.1. The number of nitrogens with one attached hydrogen (secondary N) is 1. The summed E-state index contributed by atoms with van der Waals surface area (Å²) in [7, 11) is 1.86. The topological polar surface area (TPSA) is 69.8 Å². The molecule has 1 aliphatic rings. The second kappa shape index (κ2) is 10.4. The normalized spacial score (nSPS) is 15.7. The lowest BCUT2D eigenvalue weighted by Crippen LogP contribution is -2.52. The van der Waals surface area contributed by atoms with Crippen molar-refractivity contribution < 1.29 is 4.52 Å². The van der Waals surface area contributed by atoms with Crippen LogP contribution in [0.3, 0.4) is 0 Å². The maximum Gasteiger partial charge on any atom is 0.193 e. The minimum atomic E-state index is 0. The van der Waals surface area contributed by atoms with Crippen molar-refractivity contribution in [2.75, 3.05) is 39.8 Å². The number of rotatable bonds is 5. The molecule has 0 amide bonds. The molecule has 9 heteroatoms. The SMILES string of the molecule is CN=C(NCCc1sc(C)nc1C)N1CCN(Cc2cc(C)on2)CC1.I. The smallest absolute Gasteiger partial charge is 0.193 e. The number of thiazole rings is 1. The van der Waals surface area contributed by atoms with Gasteiger partial charge in [0.05, 0.1) is 16.4 Å². The average molecular weight is 504 g/mol. The highest BCUT2D eigenvalue weighted by molar-refractivity contribution is 14.0. The maximum atomic E-state index is 5.15. The zero-order chi connectivity index (χ0) is 18.5. The van der Waals surface area contributed by atoms with Gasteiger partial charge in [-0.25, -0.2) is 4.98 Å². The fourth-order valence-electron chi connectivity index (χ4n) is 3.26. The zero-order valence-corrected chi connectivity index (χ0v) is 19.6. The molecule has 0 spiro atoms. The van der Waals surface area contributed by atoms with E-state index in [0.29, 0.717) is 0 Å². The third-order valence-electron chi connectivity index (χ3n) is 4.58. The van der Waals surface area contributed by atoms with Gasteiger partial charge in [0.15, 0.2) is 5.96 Å².